The first-order chi connectivity index (χ1) is 9.28. The van der Waals surface area contributed by atoms with Gasteiger partial charge in [0, 0.05) is 13.0 Å². The summed E-state index contributed by atoms with van der Waals surface area (Å²) in [7, 11) is 1.68. The van der Waals surface area contributed by atoms with Gasteiger partial charge in [0.2, 0.25) is 0 Å². The molecule has 1 aromatic heterocycles. The number of nitrogens with zero attached hydrogens (tertiary/aromatic N) is 3. The highest BCUT2D eigenvalue weighted by molar-refractivity contribution is 5.35. The Hall–Kier alpha value is -1.68. The molecule has 19 heavy (non-hydrogen) atoms. The minimum Gasteiger partial charge on any atom is -0.377 e. The molecule has 0 atom stereocenters. The lowest BCUT2D eigenvalue weighted by atomic mass is 9.85. The maximum absolute atomic E-state index is 5.14. The van der Waals surface area contributed by atoms with Crippen LogP contribution in [-0.2, 0) is 11.3 Å². The lowest BCUT2D eigenvalue weighted by molar-refractivity contribution is 0.177. The van der Waals surface area contributed by atoms with Crippen LogP contribution in [0.4, 0.5) is 0 Å². The van der Waals surface area contributed by atoms with Crippen molar-refractivity contribution in [2.24, 2.45) is 0 Å². The van der Waals surface area contributed by atoms with Gasteiger partial charge in [-0.05, 0) is 31.9 Å². The van der Waals surface area contributed by atoms with Gasteiger partial charge in [-0.1, -0.05) is 24.1 Å². The Balaban J connectivity index is 1.99. The molecule has 1 aliphatic rings. The van der Waals surface area contributed by atoms with Gasteiger partial charge in [0.15, 0.2) is 5.82 Å². The Kier molecular flexibility index (Phi) is 3.34. The van der Waals surface area contributed by atoms with E-state index in [1.54, 1.807) is 7.11 Å². The fraction of sp³-hybridized carbons (Fsp3) is 0.467. The number of hydrogen-bond acceptors (Lipinski definition) is 3. The minimum atomic E-state index is 0.471. The van der Waals surface area contributed by atoms with Crippen molar-refractivity contribution in [3.05, 3.63) is 41.5 Å². The molecule has 1 aliphatic carbocycles. The lowest BCUT2D eigenvalue weighted by Crippen LogP contribution is -2.15. The van der Waals surface area contributed by atoms with Gasteiger partial charge in [0.1, 0.15) is 12.4 Å². The Labute approximate surface area is 113 Å². The topological polar surface area (TPSA) is 39.9 Å². The van der Waals surface area contributed by atoms with Gasteiger partial charge < -0.3 is 4.74 Å². The molecule has 1 heterocycles. The predicted octanol–water partition coefficient (Wildman–Crippen LogP) is 2.99. The largest absolute Gasteiger partial charge is 0.377 e. The van der Waals surface area contributed by atoms with Gasteiger partial charge in [-0.3, -0.25) is 0 Å². The zero-order valence-electron chi connectivity index (χ0n) is 11.5. The summed E-state index contributed by atoms with van der Waals surface area (Å²) in [6, 6.07) is 8.42. The van der Waals surface area contributed by atoms with E-state index in [9.17, 15) is 0 Å². The van der Waals surface area contributed by atoms with Crippen molar-refractivity contribution >= 4 is 0 Å². The van der Waals surface area contributed by atoms with E-state index in [1.165, 1.54) is 24.8 Å². The molecule has 1 fully saturated rings. The quantitative estimate of drug-likeness (QED) is 0.845. The van der Waals surface area contributed by atoms with Crippen molar-refractivity contribution < 1.29 is 4.74 Å². The third kappa shape index (κ3) is 2.40. The van der Waals surface area contributed by atoms with E-state index in [0.717, 1.165) is 17.3 Å². The normalized spacial score (nSPS) is 15.5. The standard InChI is InChI=1S/C15H19N3O/c1-11-6-8-13(9-7-11)18-15(12-4-3-5-12)16-14(17-18)10-19-2/h6-9,12H,3-5,10H2,1-2H3. The van der Waals surface area contributed by atoms with E-state index in [0.29, 0.717) is 12.5 Å². The smallest absolute Gasteiger partial charge is 0.176 e. The van der Waals surface area contributed by atoms with Crippen LogP contribution in [-0.4, -0.2) is 21.9 Å². The van der Waals surface area contributed by atoms with Gasteiger partial charge in [0.05, 0.1) is 5.69 Å². The number of rotatable bonds is 4. The van der Waals surface area contributed by atoms with Gasteiger partial charge in [-0.25, -0.2) is 9.67 Å². The summed E-state index contributed by atoms with van der Waals surface area (Å²) >= 11 is 0. The van der Waals surface area contributed by atoms with E-state index in [-0.39, 0.29) is 0 Å². The molecule has 1 saturated carbocycles. The molecule has 0 saturated heterocycles. The van der Waals surface area contributed by atoms with Crippen LogP contribution in [0.15, 0.2) is 24.3 Å². The van der Waals surface area contributed by atoms with Crippen molar-refractivity contribution in [1.29, 1.82) is 0 Å². The number of ether oxygens (including phenoxy) is 1. The average molecular weight is 257 g/mol. The van der Waals surface area contributed by atoms with Crippen molar-refractivity contribution in [3.8, 4) is 5.69 Å². The molecule has 0 aliphatic heterocycles. The summed E-state index contributed by atoms with van der Waals surface area (Å²) in [6.07, 6.45) is 3.74. The average Bonchev–Trinajstić information content (AvgIpc) is 2.72. The second kappa shape index (κ2) is 5.13. The Morgan fingerprint density at radius 3 is 2.58 bits per heavy atom. The molecule has 0 bridgehead atoms. The molecule has 4 heteroatoms. The lowest BCUT2D eigenvalue weighted by Gasteiger charge is -2.24. The first kappa shape index (κ1) is 12.4. The molecule has 0 N–H and O–H groups in total. The van der Waals surface area contributed by atoms with Crippen molar-refractivity contribution in [1.82, 2.24) is 14.8 Å². The van der Waals surface area contributed by atoms with Crippen LogP contribution in [0.25, 0.3) is 5.69 Å². The Morgan fingerprint density at radius 1 is 1.26 bits per heavy atom. The van der Waals surface area contributed by atoms with E-state index in [4.69, 9.17) is 4.74 Å². The molecule has 0 amide bonds. The molecule has 0 unspecified atom stereocenters. The second-order valence-electron chi connectivity index (χ2n) is 5.19. The van der Waals surface area contributed by atoms with E-state index >= 15 is 0 Å². The van der Waals surface area contributed by atoms with Crippen LogP contribution < -0.4 is 0 Å². The Morgan fingerprint density at radius 2 is 2.00 bits per heavy atom. The summed E-state index contributed by atoms with van der Waals surface area (Å²) in [4.78, 5) is 4.65. The SMILES string of the molecule is COCc1nc(C2CCC2)n(-c2ccc(C)cc2)n1. The first-order valence-corrected chi connectivity index (χ1v) is 6.80. The highest BCUT2D eigenvalue weighted by Gasteiger charge is 2.26. The van der Waals surface area contributed by atoms with Crippen molar-refractivity contribution in [3.63, 3.8) is 0 Å². The summed E-state index contributed by atoms with van der Waals surface area (Å²) in [5.41, 5.74) is 2.34. The fourth-order valence-corrected chi connectivity index (χ4v) is 2.37. The number of aryl methyl sites for hydroxylation is 1. The van der Waals surface area contributed by atoms with Crippen molar-refractivity contribution in [2.75, 3.05) is 7.11 Å². The van der Waals surface area contributed by atoms with Gasteiger partial charge in [-0.2, -0.15) is 0 Å². The zero-order valence-corrected chi connectivity index (χ0v) is 11.5. The second-order valence-corrected chi connectivity index (χ2v) is 5.19. The van der Waals surface area contributed by atoms with Crippen LogP contribution in [0, 0.1) is 6.92 Å². The fourth-order valence-electron chi connectivity index (χ4n) is 2.37. The molecule has 2 aromatic rings. The maximum Gasteiger partial charge on any atom is 0.176 e. The predicted molar refractivity (Wildman–Crippen MR) is 73.4 cm³/mol. The first-order valence-electron chi connectivity index (χ1n) is 6.80. The molecular formula is C15H19N3O. The summed E-state index contributed by atoms with van der Waals surface area (Å²) in [5.74, 6) is 2.41. The van der Waals surface area contributed by atoms with Gasteiger partial charge in [0.25, 0.3) is 0 Å². The number of benzene rings is 1. The molecule has 1 aromatic carbocycles. The highest BCUT2D eigenvalue weighted by Crippen LogP contribution is 2.36. The third-order valence-electron chi connectivity index (χ3n) is 3.70. The molecular weight excluding hydrogens is 238 g/mol. The minimum absolute atomic E-state index is 0.471. The zero-order chi connectivity index (χ0) is 13.2. The van der Waals surface area contributed by atoms with Crippen LogP contribution in [0.2, 0.25) is 0 Å². The molecule has 3 rings (SSSR count). The van der Waals surface area contributed by atoms with Crippen LogP contribution in [0.1, 0.15) is 42.4 Å². The Bertz CT molecular complexity index is 555. The number of aromatic nitrogens is 3. The van der Waals surface area contributed by atoms with Crippen LogP contribution in [0.3, 0.4) is 0 Å². The van der Waals surface area contributed by atoms with Gasteiger partial charge >= 0.3 is 0 Å². The maximum atomic E-state index is 5.14. The number of methoxy groups -OCH3 is 1. The summed E-state index contributed by atoms with van der Waals surface area (Å²) in [6.45, 7) is 2.56. The summed E-state index contributed by atoms with van der Waals surface area (Å²) < 4.78 is 7.13. The molecule has 100 valence electrons. The monoisotopic (exact) mass is 257 g/mol. The van der Waals surface area contributed by atoms with Gasteiger partial charge in [-0.15, -0.1) is 5.10 Å². The van der Waals surface area contributed by atoms with Crippen molar-refractivity contribution in [2.45, 2.75) is 38.7 Å². The van der Waals surface area contributed by atoms with Crippen LogP contribution >= 0.6 is 0 Å². The van der Waals surface area contributed by atoms with E-state index in [2.05, 4.69) is 41.3 Å². The van der Waals surface area contributed by atoms with Crippen LogP contribution in [0.5, 0.6) is 0 Å². The molecule has 0 radical (unpaired) electrons. The molecule has 4 nitrogen and oxygen atoms in total. The van der Waals surface area contributed by atoms with E-state index < -0.39 is 0 Å². The number of hydrogen-bond donors (Lipinski definition) is 0. The third-order valence-corrected chi connectivity index (χ3v) is 3.70. The van der Waals surface area contributed by atoms with E-state index in [1.807, 2.05) is 4.68 Å². The highest BCUT2D eigenvalue weighted by atomic mass is 16.5. The summed E-state index contributed by atoms with van der Waals surface area (Å²) in [5, 5.41) is 4.58. The molecule has 0 spiro atoms.